The summed E-state index contributed by atoms with van der Waals surface area (Å²) in [6.45, 7) is 2.54. The predicted octanol–water partition coefficient (Wildman–Crippen LogP) is 2.23. The van der Waals surface area contributed by atoms with Crippen molar-refractivity contribution in [3.05, 3.63) is 29.1 Å². The van der Waals surface area contributed by atoms with E-state index >= 15 is 0 Å². The summed E-state index contributed by atoms with van der Waals surface area (Å²) in [7, 11) is 0. The van der Waals surface area contributed by atoms with Crippen molar-refractivity contribution < 1.29 is 4.79 Å². The Labute approximate surface area is 91.9 Å². The van der Waals surface area contributed by atoms with Crippen molar-refractivity contribution in [1.29, 1.82) is 0 Å². The van der Waals surface area contributed by atoms with Crippen molar-refractivity contribution in [3.8, 4) is 0 Å². The van der Waals surface area contributed by atoms with Gasteiger partial charge in [0.05, 0.1) is 10.3 Å². The number of carbonyl (C=O) groups excluding carboxylic acids is 1. The number of hydrogen-bond acceptors (Lipinski definition) is 3. The van der Waals surface area contributed by atoms with Crippen molar-refractivity contribution in [2.45, 2.75) is 6.92 Å². The molecule has 0 unspecified atom stereocenters. The smallest absolute Gasteiger partial charge is 0.252 e. The van der Waals surface area contributed by atoms with Gasteiger partial charge in [-0.2, -0.15) is 0 Å². The first-order valence-electron chi connectivity index (χ1n) is 4.78. The lowest BCUT2D eigenvalue weighted by Gasteiger charge is -2.00. The Bertz CT molecular complexity index is 504. The predicted molar refractivity (Wildman–Crippen MR) is 64.2 cm³/mol. The summed E-state index contributed by atoms with van der Waals surface area (Å²) in [5.41, 5.74) is 7.26. The molecule has 4 heteroatoms. The van der Waals surface area contributed by atoms with E-state index in [0.29, 0.717) is 12.1 Å². The van der Waals surface area contributed by atoms with Crippen LogP contribution >= 0.6 is 11.3 Å². The summed E-state index contributed by atoms with van der Waals surface area (Å²) in [4.78, 5) is 11.7. The van der Waals surface area contributed by atoms with Crippen molar-refractivity contribution in [1.82, 2.24) is 5.32 Å². The lowest BCUT2D eigenvalue weighted by Crippen LogP contribution is -2.22. The molecule has 0 radical (unpaired) electrons. The van der Waals surface area contributed by atoms with Crippen molar-refractivity contribution >= 4 is 33.0 Å². The summed E-state index contributed by atoms with van der Waals surface area (Å²) < 4.78 is 0.985. The number of carbonyl (C=O) groups is 1. The van der Waals surface area contributed by atoms with Gasteiger partial charge in [-0.15, -0.1) is 11.3 Å². The number of amides is 1. The lowest BCUT2D eigenvalue weighted by molar-refractivity contribution is 0.0958. The van der Waals surface area contributed by atoms with Gasteiger partial charge >= 0.3 is 0 Å². The van der Waals surface area contributed by atoms with Gasteiger partial charge in [-0.1, -0.05) is 12.1 Å². The molecule has 2 aromatic rings. The molecule has 0 aliphatic rings. The van der Waals surface area contributed by atoms with Crippen LogP contribution in [0.5, 0.6) is 0 Å². The molecule has 0 saturated carbocycles. The van der Waals surface area contributed by atoms with E-state index in [1.807, 2.05) is 30.5 Å². The Morgan fingerprint density at radius 1 is 1.53 bits per heavy atom. The maximum Gasteiger partial charge on any atom is 0.252 e. The highest BCUT2D eigenvalue weighted by Crippen LogP contribution is 2.30. The fourth-order valence-electron chi connectivity index (χ4n) is 1.51. The van der Waals surface area contributed by atoms with Crippen LogP contribution in [0.3, 0.4) is 0 Å². The van der Waals surface area contributed by atoms with Gasteiger partial charge < -0.3 is 11.1 Å². The number of nitrogens with two attached hydrogens (primary N) is 1. The number of benzene rings is 1. The molecule has 1 aromatic heterocycles. The highest BCUT2D eigenvalue weighted by molar-refractivity contribution is 7.18. The molecule has 0 aliphatic heterocycles. The van der Waals surface area contributed by atoms with Gasteiger partial charge in [0.15, 0.2) is 0 Å². The Kier molecular flexibility index (Phi) is 2.60. The first-order chi connectivity index (χ1) is 7.24. The molecule has 3 nitrogen and oxygen atoms in total. The highest BCUT2D eigenvalue weighted by atomic mass is 32.1. The molecule has 0 atom stereocenters. The molecule has 1 aromatic carbocycles. The molecule has 0 spiro atoms. The maximum absolute atomic E-state index is 11.7. The molecule has 0 bridgehead atoms. The Balaban J connectivity index is 2.54. The van der Waals surface area contributed by atoms with Crippen LogP contribution in [0.4, 0.5) is 5.69 Å². The van der Waals surface area contributed by atoms with Gasteiger partial charge in [-0.25, -0.2) is 0 Å². The second kappa shape index (κ2) is 3.90. The Morgan fingerprint density at radius 3 is 3.07 bits per heavy atom. The summed E-state index contributed by atoms with van der Waals surface area (Å²) in [6.07, 6.45) is 0. The SMILES string of the molecule is CCNC(=O)c1csc2c(N)cccc12. The normalized spacial score (nSPS) is 10.5. The van der Waals surface area contributed by atoms with E-state index in [2.05, 4.69) is 5.32 Å². The van der Waals surface area contributed by atoms with Crippen LogP contribution in [-0.4, -0.2) is 12.5 Å². The molecule has 0 saturated heterocycles. The van der Waals surface area contributed by atoms with E-state index in [-0.39, 0.29) is 5.91 Å². The first kappa shape index (κ1) is 9.98. The summed E-state index contributed by atoms with van der Waals surface area (Å²) in [6, 6.07) is 5.64. The fourth-order valence-corrected chi connectivity index (χ4v) is 2.49. The lowest BCUT2D eigenvalue weighted by atomic mass is 10.1. The maximum atomic E-state index is 11.7. The van der Waals surface area contributed by atoms with E-state index in [1.165, 1.54) is 11.3 Å². The number of rotatable bonds is 2. The Morgan fingerprint density at radius 2 is 2.33 bits per heavy atom. The Hall–Kier alpha value is -1.55. The summed E-state index contributed by atoms with van der Waals surface area (Å²) in [5, 5.41) is 5.58. The number of hydrogen-bond donors (Lipinski definition) is 2. The van der Waals surface area contributed by atoms with Gasteiger partial charge in [-0.3, -0.25) is 4.79 Å². The average Bonchev–Trinajstić information content (AvgIpc) is 2.63. The monoisotopic (exact) mass is 220 g/mol. The van der Waals surface area contributed by atoms with Crippen LogP contribution in [0.1, 0.15) is 17.3 Å². The zero-order valence-electron chi connectivity index (χ0n) is 8.41. The van der Waals surface area contributed by atoms with E-state index in [0.717, 1.165) is 15.8 Å². The number of nitrogen functional groups attached to an aromatic ring is 1. The molecule has 3 N–H and O–H groups in total. The van der Waals surface area contributed by atoms with Gasteiger partial charge in [0, 0.05) is 23.0 Å². The summed E-state index contributed by atoms with van der Waals surface area (Å²) in [5.74, 6) is -0.0330. The van der Waals surface area contributed by atoms with Crippen molar-refractivity contribution in [3.63, 3.8) is 0 Å². The fraction of sp³-hybridized carbons (Fsp3) is 0.182. The second-order valence-corrected chi connectivity index (χ2v) is 4.11. The number of thiophene rings is 1. The zero-order chi connectivity index (χ0) is 10.8. The minimum absolute atomic E-state index is 0.0330. The minimum Gasteiger partial charge on any atom is -0.398 e. The van der Waals surface area contributed by atoms with Crippen LogP contribution in [0.25, 0.3) is 10.1 Å². The first-order valence-corrected chi connectivity index (χ1v) is 5.66. The molecule has 1 amide bonds. The molecular weight excluding hydrogens is 208 g/mol. The molecule has 2 rings (SSSR count). The van der Waals surface area contributed by atoms with E-state index in [4.69, 9.17) is 5.73 Å². The molecular formula is C11H12N2OS. The highest BCUT2D eigenvalue weighted by Gasteiger charge is 2.11. The number of nitrogens with one attached hydrogen (secondary N) is 1. The van der Waals surface area contributed by atoms with Gasteiger partial charge in [-0.05, 0) is 13.0 Å². The zero-order valence-corrected chi connectivity index (χ0v) is 9.23. The van der Waals surface area contributed by atoms with Crippen molar-refractivity contribution in [2.75, 3.05) is 12.3 Å². The second-order valence-electron chi connectivity index (χ2n) is 3.23. The number of fused-ring (bicyclic) bond motifs is 1. The average molecular weight is 220 g/mol. The third-order valence-corrected chi connectivity index (χ3v) is 3.26. The van der Waals surface area contributed by atoms with Crippen LogP contribution in [0.2, 0.25) is 0 Å². The van der Waals surface area contributed by atoms with Crippen LogP contribution in [-0.2, 0) is 0 Å². The number of anilines is 1. The topological polar surface area (TPSA) is 55.1 Å². The summed E-state index contributed by atoms with van der Waals surface area (Å²) >= 11 is 1.51. The largest absolute Gasteiger partial charge is 0.398 e. The van der Waals surface area contributed by atoms with E-state index < -0.39 is 0 Å². The van der Waals surface area contributed by atoms with Gasteiger partial charge in [0.1, 0.15) is 0 Å². The molecule has 1 heterocycles. The van der Waals surface area contributed by atoms with Gasteiger partial charge in [0.2, 0.25) is 0 Å². The van der Waals surface area contributed by atoms with Crippen LogP contribution in [0, 0.1) is 0 Å². The molecule has 78 valence electrons. The minimum atomic E-state index is -0.0330. The van der Waals surface area contributed by atoms with E-state index in [1.54, 1.807) is 0 Å². The molecule has 0 aliphatic carbocycles. The third-order valence-electron chi connectivity index (χ3n) is 2.21. The molecule has 15 heavy (non-hydrogen) atoms. The van der Waals surface area contributed by atoms with Crippen LogP contribution in [0.15, 0.2) is 23.6 Å². The quantitative estimate of drug-likeness (QED) is 0.762. The van der Waals surface area contributed by atoms with Gasteiger partial charge in [0.25, 0.3) is 5.91 Å². The van der Waals surface area contributed by atoms with E-state index in [9.17, 15) is 4.79 Å². The molecule has 0 fully saturated rings. The standard InChI is InChI=1S/C11H12N2OS/c1-2-13-11(14)8-6-15-10-7(8)4-3-5-9(10)12/h3-6H,2,12H2,1H3,(H,13,14). The van der Waals surface area contributed by atoms with Crippen molar-refractivity contribution in [2.24, 2.45) is 0 Å². The van der Waals surface area contributed by atoms with Crippen LogP contribution < -0.4 is 11.1 Å². The third kappa shape index (κ3) is 1.68.